The van der Waals surface area contributed by atoms with Crippen LogP contribution < -0.4 is 15.0 Å². The first-order valence-electron chi connectivity index (χ1n) is 8.18. The molecule has 1 aliphatic rings. The Balaban J connectivity index is 1.86. The molecule has 1 heterocycles. The lowest BCUT2D eigenvalue weighted by Gasteiger charge is -2.31. The zero-order valence-corrected chi connectivity index (χ0v) is 15.7. The third kappa shape index (κ3) is 5.16. The van der Waals surface area contributed by atoms with Gasteiger partial charge in [-0.3, -0.25) is 9.59 Å². The van der Waals surface area contributed by atoms with Gasteiger partial charge in [-0.05, 0) is 24.3 Å². The number of esters is 1. The molecule has 0 aliphatic carbocycles. The van der Waals surface area contributed by atoms with Crippen LogP contribution in [0.4, 0.5) is 0 Å². The van der Waals surface area contributed by atoms with E-state index in [1.165, 1.54) is 30.7 Å². The number of methoxy groups -OCH3 is 2. The van der Waals surface area contributed by atoms with Crippen LogP contribution in [0.3, 0.4) is 0 Å². The van der Waals surface area contributed by atoms with Crippen molar-refractivity contribution >= 4 is 21.9 Å². The Morgan fingerprint density at radius 1 is 1.15 bits per heavy atom. The molecule has 0 atom stereocenters. The van der Waals surface area contributed by atoms with Crippen LogP contribution >= 0.6 is 0 Å². The maximum absolute atomic E-state index is 12.7. The molecule has 0 unspecified atom stereocenters. The Bertz CT molecular complexity index is 727. The van der Waals surface area contributed by atoms with Crippen molar-refractivity contribution in [2.45, 2.75) is 4.90 Å². The van der Waals surface area contributed by atoms with Crippen molar-refractivity contribution in [1.29, 1.82) is 0 Å². The highest BCUT2D eigenvalue weighted by Crippen LogP contribution is 2.19. The quantitative estimate of drug-likeness (QED) is 0.519. The first-order chi connectivity index (χ1) is 12.4. The molecule has 0 bridgehead atoms. The van der Waals surface area contributed by atoms with Crippen LogP contribution in [0.2, 0.25) is 0 Å². The van der Waals surface area contributed by atoms with E-state index in [9.17, 15) is 18.0 Å². The summed E-state index contributed by atoms with van der Waals surface area (Å²) in [4.78, 5) is 24.0. The van der Waals surface area contributed by atoms with Gasteiger partial charge >= 0.3 is 5.97 Å². The number of sulfonamides is 1. The number of nitrogens with one attached hydrogen (secondary N) is 2. The van der Waals surface area contributed by atoms with Gasteiger partial charge in [0, 0.05) is 0 Å². The first-order valence-corrected chi connectivity index (χ1v) is 9.62. The molecule has 1 amide bonds. The molecule has 9 nitrogen and oxygen atoms in total. The molecule has 10 heteroatoms. The summed E-state index contributed by atoms with van der Waals surface area (Å²) in [5.74, 6) is -0.184. The lowest BCUT2D eigenvalue weighted by Crippen LogP contribution is -3.15. The molecule has 26 heavy (non-hydrogen) atoms. The smallest absolute Gasteiger partial charge is 0.325 e. The highest BCUT2D eigenvalue weighted by molar-refractivity contribution is 7.89. The van der Waals surface area contributed by atoms with Gasteiger partial charge < -0.3 is 19.7 Å². The maximum atomic E-state index is 12.7. The molecule has 1 aromatic rings. The van der Waals surface area contributed by atoms with Crippen LogP contribution in [-0.4, -0.2) is 78.1 Å². The van der Waals surface area contributed by atoms with Crippen LogP contribution in [0.1, 0.15) is 0 Å². The summed E-state index contributed by atoms with van der Waals surface area (Å²) in [6.07, 6.45) is 0. The van der Waals surface area contributed by atoms with Crippen LogP contribution in [0.25, 0.3) is 0 Å². The number of carbonyl (C=O) groups is 2. The number of amides is 1. The Kier molecular flexibility index (Phi) is 6.95. The summed E-state index contributed by atoms with van der Waals surface area (Å²) in [7, 11) is -0.788. The lowest BCUT2D eigenvalue weighted by atomic mass is 10.3. The number of quaternary nitrogens is 1. The average Bonchev–Trinajstić information content (AvgIpc) is 2.66. The van der Waals surface area contributed by atoms with E-state index in [0.29, 0.717) is 31.9 Å². The van der Waals surface area contributed by atoms with Gasteiger partial charge in [0.1, 0.15) is 12.3 Å². The standard InChI is InChI=1S/C16H23N3O6S/c1-24-13-3-5-14(6-4-13)26(22,23)19-9-7-18(8-10-19)12-15(20)17-11-16(21)25-2/h3-6H,7-12H2,1-2H3,(H,17,20)/p+1. The predicted octanol–water partition coefficient (Wildman–Crippen LogP) is -2.13. The van der Waals surface area contributed by atoms with E-state index >= 15 is 0 Å². The predicted molar refractivity (Wildman–Crippen MR) is 92.3 cm³/mol. The molecule has 0 saturated carbocycles. The summed E-state index contributed by atoms with van der Waals surface area (Å²) < 4.78 is 36.3. The van der Waals surface area contributed by atoms with Crippen LogP contribution in [-0.2, 0) is 24.3 Å². The number of hydrogen-bond donors (Lipinski definition) is 2. The fraction of sp³-hybridized carbons (Fsp3) is 0.500. The monoisotopic (exact) mass is 386 g/mol. The zero-order valence-electron chi connectivity index (χ0n) is 14.9. The van der Waals surface area contributed by atoms with Gasteiger partial charge in [0.2, 0.25) is 10.0 Å². The Hall–Kier alpha value is -2.17. The van der Waals surface area contributed by atoms with Gasteiger partial charge in [-0.1, -0.05) is 0 Å². The number of ether oxygens (including phenoxy) is 2. The molecule has 2 rings (SSSR count). The molecular formula is C16H24N3O6S+. The van der Waals surface area contributed by atoms with Crippen molar-refractivity contribution in [3.05, 3.63) is 24.3 Å². The largest absolute Gasteiger partial charge is 0.497 e. The van der Waals surface area contributed by atoms with Gasteiger partial charge in [-0.2, -0.15) is 4.31 Å². The number of rotatable bonds is 7. The minimum Gasteiger partial charge on any atom is -0.497 e. The Morgan fingerprint density at radius 2 is 1.77 bits per heavy atom. The van der Waals surface area contributed by atoms with E-state index in [1.807, 2.05) is 0 Å². The van der Waals surface area contributed by atoms with E-state index < -0.39 is 16.0 Å². The number of hydrogen-bond acceptors (Lipinski definition) is 6. The van der Waals surface area contributed by atoms with E-state index in [1.54, 1.807) is 12.1 Å². The molecule has 1 aromatic carbocycles. The first kappa shape index (κ1) is 20.1. The van der Waals surface area contributed by atoms with Crippen LogP contribution in [0.5, 0.6) is 5.75 Å². The minimum absolute atomic E-state index is 0.166. The van der Waals surface area contributed by atoms with E-state index in [-0.39, 0.29) is 23.9 Å². The second kappa shape index (κ2) is 8.97. The third-order valence-corrected chi connectivity index (χ3v) is 6.11. The maximum Gasteiger partial charge on any atom is 0.325 e. The number of carbonyl (C=O) groups excluding carboxylic acids is 2. The van der Waals surface area contributed by atoms with Crippen molar-refractivity contribution in [2.75, 3.05) is 53.5 Å². The lowest BCUT2D eigenvalue weighted by molar-refractivity contribution is -0.895. The highest BCUT2D eigenvalue weighted by Gasteiger charge is 2.31. The molecule has 1 aliphatic heterocycles. The van der Waals surface area contributed by atoms with Crippen LogP contribution in [0, 0.1) is 0 Å². The van der Waals surface area contributed by atoms with Gasteiger partial charge in [0.15, 0.2) is 6.54 Å². The molecule has 1 saturated heterocycles. The summed E-state index contributed by atoms with van der Waals surface area (Å²) in [6, 6.07) is 6.27. The van der Waals surface area contributed by atoms with Gasteiger partial charge in [0.25, 0.3) is 5.91 Å². The fourth-order valence-corrected chi connectivity index (χ4v) is 4.09. The van der Waals surface area contributed by atoms with E-state index in [0.717, 1.165) is 4.90 Å². The Morgan fingerprint density at radius 3 is 2.31 bits per heavy atom. The summed E-state index contributed by atoms with van der Waals surface area (Å²) in [5.41, 5.74) is 0. The molecule has 1 fully saturated rings. The minimum atomic E-state index is -3.56. The van der Waals surface area contributed by atoms with Gasteiger partial charge in [-0.25, -0.2) is 8.42 Å². The number of nitrogens with zero attached hydrogens (tertiary/aromatic N) is 1. The molecule has 0 radical (unpaired) electrons. The van der Waals surface area contributed by atoms with Crippen molar-refractivity contribution in [1.82, 2.24) is 9.62 Å². The molecule has 144 valence electrons. The molecular weight excluding hydrogens is 362 g/mol. The summed E-state index contributed by atoms with van der Waals surface area (Å²) >= 11 is 0. The Labute approximate surface area is 152 Å². The molecule has 2 N–H and O–H groups in total. The highest BCUT2D eigenvalue weighted by atomic mass is 32.2. The number of piperazine rings is 1. The normalized spacial score (nSPS) is 16.1. The molecule has 0 aromatic heterocycles. The fourth-order valence-electron chi connectivity index (χ4n) is 2.65. The van der Waals surface area contributed by atoms with E-state index in [2.05, 4.69) is 10.1 Å². The van der Waals surface area contributed by atoms with Crippen molar-refractivity contribution < 1.29 is 32.4 Å². The second-order valence-electron chi connectivity index (χ2n) is 5.86. The topological polar surface area (TPSA) is 106 Å². The second-order valence-corrected chi connectivity index (χ2v) is 7.80. The zero-order chi connectivity index (χ0) is 19.2. The third-order valence-electron chi connectivity index (χ3n) is 4.19. The SMILES string of the molecule is COC(=O)CNC(=O)C[NH+]1CCN(S(=O)(=O)c2ccc(OC)cc2)CC1. The summed E-state index contributed by atoms with van der Waals surface area (Å²) in [6.45, 7) is 1.71. The van der Waals surface area contributed by atoms with Crippen molar-refractivity contribution in [3.8, 4) is 5.75 Å². The number of benzene rings is 1. The van der Waals surface area contributed by atoms with Crippen molar-refractivity contribution in [2.24, 2.45) is 0 Å². The van der Waals surface area contributed by atoms with Gasteiger partial charge in [-0.15, -0.1) is 0 Å². The molecule has 0 spiro atoms. The van der Waals surface area contributed by atoms with E-state index in [4.69, 9.17) is 4.74 Å². The van der Waals surface area contributed by atoms with Gasteiger partial charge in [0.05, 0.1) is 45.3 Å². The van der Waals surface area contributed by atoms with Crippen molar-refractivity contribution in [3.63, 3.8) is 0 Å². The summed E-state index contributed by atoms with van der Waals surface area (Å²) in [5, 5.41) is 2.48. The van der Waals surface area contributed by atoms with Crippen LogP contribution in [0.15, 0.2) is 29.2 Å². The average molecular weight is 386 g/mol.